The average molecular weight is 366 g/mol. The first kappa shape index (κ1) is 25.2. The Hall–Kier alpha value is -1.06. The highest BCUT2D eigenvalue weighted by molar-refractivity contribution is 5.85. The minimum Gasteiger partial charge on any atom is -0.394 e. The van der Waals surface area contributed by atoms with Crippen molar-refractivity contribution >= 4 is 18.7 Å². The summed E-state index contributed by atoms with van der Waals surface area (Å²) in [6.07, 6.45) is -5.90. The minimum absolute atomic E-state index is 0. The van der Waals surface area contributed by atoms with Crippen molar-refractivity contribution in [2.45, 2.75) is 50.2 Å². The zero-order chi connectivity index (χ0) is 18.0. The number of hydrogen-bond acceptors (Lipinski definition) is 7. The van der Waals surface area contributed by atoms with Gasteiger partial charge in [-0.25, -0.2) is 0 Å². The van der Waals surface area contributed by atoms with Crippen LogP contribution in [0.4, 0.5) is 0 Å². The van der Waals surface area contributed by atoms with E-state index in [1.165, 1.54) is 5.56 Å². The van der Waals surface area contributed by atoms with Gasteiger partial charge in [0.1, 0.15) is 24.4 Å². The van der Waals surface area contributed by atoms with Gasteiger partial charge < -0.3 is 36.1 Å². The second-order valence-electron chi connectivity index (χ2n) is 6.01. The van der Waals surface area contributed by atoms with E-state index in [0.717, 1.165) is 6.42 Å². The smallest absolute Gasteiger partial charge is 0.151 e. The molecule has 0 fully saturated rings. The Morgan fingerprint density at radius 1 is 1.08 bits per heavy atom. The summed E-state index contributed by atoms with van der Waals surface area (Å²) in [5.74, 6) is 0. The third-order valence-corrected chi connectivity index (χ3v) is 2.92. The number of rotatable bonds is 7. The maximum Gasteiger partial charge on any atom is 0.151 e. The van der Waals surface area contributed by atoms with Crippen molar-refractivity contribution in [3.05, 3.63) is 35.9 Å². The second kappa shape index (κ2) is 12.3. The molecule has 7 N–H and O–H groups in total. The van der Waals surface area contributed by atoms with Gasteiger partial charge in [-0.05, 0) is 25.8 Å². The Balaban J connectivity index is 0. The predicted molar refractivity (Wildman–Crippen MR) is 92.8 cm³/mol. The normalized spacial score (nSPS) is 15.8. The van der Waals surface area contributed by atoms with Crippen LogP contribution < -0.4 is 5.73 Å². The van der Waals surface area contributed by atoms with Gasteiger partial charge in [0.2, 0.25) is 0 Å². The number of benzene rings is 1. The van der Waals surface area contributed by atoms with Gasteiger partial charge in [0.15, 0.2) is 6.29 Å². The van der Waals surface area contributed by atoms with Gasteiger partial charge in [0.25, 0.3) is 0 Å². The lowest BCUT2D eigenvalue weighted by Gasteiger charge is -2.22. The number of aliphatic hydroxyl groups is 5. The molecule has 8 heteroatoms. The Morgan fingerprint density at radius 3 is 1.96 bits per heavy atom. The van der Waals surface area contributed by atoms with E-state index in [2.05, 4.69) is 12.1 Å². The molecule has 1 aromatic rings. The van der Waals surface area contributed by atoms with Gasteiger partial charge in [0.05, 0.1) is 6.61 Å². The summed E-state index contributed by atoms with van der Waals surface area (Å²) < 4.78 is 0. The Kier molecular flexibility index (Phi) is 12.9. The van der Waals surface area contributed by atoms with Crippen molar-refractivity contribution in [2.75, 3.05) is 6.61 Å². The van der Waals surface area contributed by atoms with E-state index in [1.807, 2.05) is 32.0 Å². The fourth-order valence-corrected chi connectivity index (χ4v) is 1.74. The topological polar surface area (TPSA) is 144 Å². The number of nitrogens with two attached hydrogens (primary N) is 1. The van der Waals surface area contributed by atoms with Crippen LogP contribution in [0.1, 0.15) is 19.4 Å². The van der Waals surface area contributed by atoms with E-state index in [1.54, 1.807) is 0 Å². The molecule has 0 amide bonds. The van der Waals surface area contributed by atoms with E-state index in [-0.39, 0.29) is 24.2 Å². The highest BCUT2D eigenvalue weighted by Crippen LogP contribution is 2.08. The summed E-state index contributed by atoms with van der Waals surface area (Å²) in [6.45, 7) is 3.32. The zero-order valence-corrected chi connectivity index (χ0v) is 14.6. The van der Waals surface area contributed by atoms with Crippen LogP contribution in [0.5, 0.6) is 0 Å². The highest BCUT2D eigenvalue weighted by Gasteiger charge is 2.29. The van der Waals surface area contributed by atoms with Gasteiger partial charge in [-0.2, -0.15) is 0 Å². The molecular weight excluding hydrogens is 338 g/mol. The lowest BCUT2D eigenvalue weighted by atomic mass is 9.96. The monoisotopic (exact) mass is 365 g/mol. The first-order chi connectivity index (χ1) is 10.6. The lowest BCUT2D eigenvalue weighted by Crippen LogP contribution is -2.46. The van der Waals surface area contributed by atoms with Crippen molar-refractivity contribution in [2.24, 2.45) is 5.73 Å². The van der Waals surface area contributed by atoms with Crippen LogP contribution in [0.25, 0.3) is 0 Å². The van der Waals surface area contributed by atoms with Crippen molar-refractivity contribution in [3.8, 4) is 0 Å². The molecule has 0 radical (unpaired) electrons. The van der Waals surface area contributed by atoms with Crippen LogP contribution in [-0.2, 0) is 11.2 Å². The summed E-state index contributed by atoms with van der Waals surface area (Å²) in [6, 6.07) is 10.3. The molecule has 0 saturated carbocycles. The molecule has 0 spiro atoms. The zero-order valence-electron chi connectivity index (χ0n) is 13.8. The molecule has 0 unspecified atom stereocenters. The molecule has 24 heavy (non-hydrogen) atoms. The lowest BCUT2D eigenvalue weighted by molar-refractivity contribution is -0.136. The fourth-order valence-electron chi connectivity index (χ4n) is 1.74. The van der Waals surface area contributed by atoms with Gasteiger partial charge in [-0.3, -0.25) is 0 Å². The van der Waals surface area contributed by atoms with E-state index in [9.17, 15) is 4.79 Å². The van der Waals surface area contributed by atoms with E-state index >= 15 is 0 Å². The largest absolute Gasteiger partial charge is 0.394 e. The molecule has 140 valence electrons. The first-order valence-electron chi connectivity index (χ1n) is 7.23. The SMILES string of the molecule is CC(C)(N)Cc1ccccc1.Cl.O=C[C@H](O)[C@@H](O)[C@H](O)[C@H](O)CO. The molecule has 0 aromatic heterocycles. The van der Waals surface area contributed by atoms with Crippen molar-refractivity contribution in [1.82, 2.24) is 0 Å². The molecule has 1 aromatic carbocycles. The molecule has 0 aliphatic carbocycles. The third kappa shape index (κ3) is 10.7. The van der Waals surface area contributed by atoms with Crippen LogP contribution in [-0.4, -0.2) is 68.4 Å². The van der Waals surface area contributed by atoms with Gasteiger partial charge in [-0.1, -0.05) is 30.3 Å². The molecule has 4 atom stereocenters. The first-order valence-corrected chi connectivity index (χ1v) is 7.23. The summed E-state index contributed by atoms with van der Waals surface area (Å²) in [7, 11) is 0. The number of carbonyl (C=O) groups is 1. The van der Waals surface area contributed by atoms with Crippen molar-refractivity contribution < 1.29 is 30.3 Å². The van der Waals surface area contributed by atoms with Gasteiger partial charge in [0, 0.05) is 5.54 Å². The second-order valence-corrected chi connectivity index (χ2v) is 6.01. The quantitative estimate of drug-likeness (QED) is 0.340. The summed E-state index contributed by atoms with van der Waals surface area (Å²) in [4.78, 5) is 9.90. The van der Waals surface area contributed by atoms with Crippen LogP contribution in [0, 0.1) is 0 Å². The molecule has 1 rings (SSSR count). The molecule has 7 nitrogen and oxygen atoms in total. The highest BCUT2D eigenvalue weighted by atomic mass is 35.5. The van der Waals surface area contributed by atoms with Gasteiger partial charge >= 0.3 is 0 Å². The van der Waals surface area contributed by atoms with Crippen LogP contribution >= 0.6 is 12.4 Å². The summed E-state index contributed by atoms with van der Waals surface area (Å²) in [5.41, 5.74) is 7.08. The third-order valence-electron chi connectivity index (χ3n) is 2.92. The average Bonchev–Trinajstić information content (AvgIpc) is 2.51. The number of halogens is 1. The van der Waals surface area contributed by atoms with E-state index in [4.69, 9.17) is 31.3 Å². The molecule has 0 heterocycles. The number of hydrogen-bond donors (Lipinski definition) is 6. The Morgan fingerprint density at radius 2 is 1.58 bits per heavy atom. The van der Waals surface area contributed by atoms with Crippen LogP contribution in [0.3, 0.4) is 0 Å². The molecule has 0 bridgehead atoms. The minimum atomic E-state index is -1.79. The number of aldehydes is 1. The molecule has 0 aliphatic heterocycles. The standard InChI is InChI=1S/C10H15N.C6H12O6.ClH/c1-10(2,11)8-9-6-4-3-5-7-9;7-1-3(9)5(11)6(12)4(10)2-8;/h3-7H,8,11H2,1-2H3;1,3-6,8-12H,2H2;1H/t;3-,4+,5+,6+;/m.0./s1. The predicted octanol–water partition coefficient (Wildman–Crippen LogP) is -0.991. The molecular formula is C16H28ClNO6. The van der Waals surface area contributed by atoms with Crippen LogP contribution in [0.2, 0.25) is 0 Å². The van der Waals surface area contributed by atoms with Gasteiger partial charge in [-0.15, -0.1) is 12.4 Å². The van der Waals surface area contributed by atoms with E-state index < -0.39 is 31.0 Å². The van der Waals surface area contributed by atoms with Crippen LogP contribution in [0.15, 0.2) is 30.3 Å². The van der Waals surface area contributed by atoms with Crippen molar-refractivity contribution in [1.29, 1.82) is 0 Å². The maximum absolute atomic E-state index is 9.90. The Labute approximate surface area is 148 Å². The summed E-state index contributed by atoms with van der Waals surface area (Å²) >= 11 is 0. The summed E-state index contributed by atoms with van der Waals surface area (Å²) in [5, 5.41) is 43.5. The van der Waals surface area contributed by atoms with Crippen molar-refractivity contribution in [3.63, 3.8) is 0 Å². The fraction of sp³-hybridized carbons (Fsp3) is 0.562. The molecule has 0 saturated heterocycles. The van der Waals surface area contributed by atoms with E-state index in [0.29, 0.717) is 0 Å². The molecule has 0 aliphatic rings. The number of carbonyl (C=O) groups excluding carboxylic acids is 1. The Bertz CT molecular complexity index is 440. The number of aliphatic hydroxyl groups excluding tert-OH is 5. The maximum atomic E-state index is 9.90.